The van der Waals surface area contributed by atoms with E-state index >= 15 is 0 Å². The van der Waals surface area contributed by atoms with Crippen LogP contribution in [-0.2, 0) is 15.2 Å². The molecule has 21 heavy (non-hydrogen) atoms. The molecule has 0 aromatic heterocycles. The van der Waals surface area contributed by atoms with Crippen molar-refractivity contribution in [2.45, 2.75) is 51.2 Å². The number of halogens is 2. The molecule has 0 radical (unpaired) electrons. The van der Waals surface area contributed by atoms with Crippen molar-refractivity contribution in [3.63, 3.8) is 0 Å². The lowest BCUT2D eigenvalue weighted by atomic mass is 9.73. The Balaban J connectivity index is 2.06. The summed E-state index contributed by atoms with van der Waals surface area (Å²) in [6.45, 7) is 7.62. The van der Waals surface area contributed by atoms with Gasteiger partial charge in [-0.15, -0.1) is 0 Å². The molecule has 1 aromatic carbocycles. The van der Waals surface area contributed by atoms with E-state index in [2.05, 4.69) is 0 Å². The van der Waals surface area contributed by atoms with Crippen molar-refractivity contribution in [3.8, 4) is 5.75 Å². The molecule has 0 amide bonds. The number of ether oxygens (including phenoxy) is 1. The highest BCUT2D eigenvalue weighted by Gasteiger charge is 2.54. The molecule has 3 rings (SSSR count). The second-order valence-electron chi connectivity index (χ2n) is 6.61. The molecule has 6 heteroatoms. The van der Waals surface area contributed by atoms with Crippen LogP contribution in [0, 0.1) is 0 Å². The van der Waals surface area contributed by atoms with Gasteiger partial charge in [0.25, 0.3) is 5.92 Å². The van der Waals surface area contributed by atoms with Gasteiger partial charge in [0.05, 0.1) is 29.8 Å². The molecule has 0 spiro atoms. The summed E-state index contributed by atoms with van der Waals surface area (Å²) in [5.41, 5.74) is -0.873. The first-order chi connectivity index (χ1) is 9.64. The van der Waals surface area contributed by atoms with E-state index in [0.29, 0.717) is 5.46 Å². The smallest absolute Gasteiger partial charge is 0.493 e. The second-order valence-corrected chi connectivity index (χ2v) is 6.61. The summed E-state index contributed by atoms with van der Waals surface area (Å²) >= 11 is 0. The summed E-state index contributed by atoms with van der Waals surface area (Å²) in [6, 6.07) is 4.89. The van der Waals surface area contributed by atoms with Crippen LogP contribution in [0.25, 0.3) is 0 Å². The minimum Gasteiger partial charge on any atom is -0.493 e. The Hall–Kier alpha value is -1.14. The molecule has 114 valence electrons. The van der Waals surface area contributed by atoms with Gasteiger partial charge < -0.3 is 14.0 Å². The minimum absolute atomic E-state index is 0.0207. The summed E-state index contributed by atoms with van der Waals surface area (Å²) in [4.78, 5) is 0. The highest BCUT2D eigenvalue weighted by molar-refractivity contribution is 6.62. The maximum Gasteiger partial charge on any atom is 0.495 e. The molecular formula is C15H19BF2O3. The maximum absolute atomic E-state index is 14.3. The van der Waals surface area contributed by atoms with Gasteiger partial charge in [-0.05, 0) is 39.2 Å². The van der Waals surface area contributed by atoms with Crippen molar-refractivity contribution < 1.29 is 22.8 Å². The first-order valence-corrected chi connectivity index (χ1v) is 7.14. The molecular weight excluding hydrogens is 277 g/mol. The molecule has 1 fully saturated rings. The molecule has 1 saturated heterocycles. The number of alkyl halides is 2. The van der Waals surface area contributed by atoms with Crippen LogP contribution in [-0.4, -0.2) is 24.9 Å². The maximum atomic E-state index is 14.3. The third-order valence-corrected chi connectivity index (χ3v) is 4.61. The van der Waals surface area contributed by atoms with Gasteiger partial charge in [-0.25, -0.2) is 8.78 Å². The molecule has 1 aromatic rings. The van der Waals surface area contributed by atoms with Gasteiger partial charge in [0.1, 0.15) is 5.75 Å². The SMILES string of the molecule is CC1(C)OB(c2cccc3c2C(F)(F)CCO3)OC1(C)C. The van der Waals surface area contributed by atoms with E-state index in [-0.39, 0.29) is 24.3 Å². The third-order valence-electron chi connectivity index (χ3n) is 4.61. The topological polar surface area (TPSA) is 27.7 Å². The Labute approximate surface area is 123 Å². The molecule has 0 saturated carbocycles. The summed E-state index contributed by atoms with van der Waals surface area (Å²) in [5.74, 6) is -2.70. The van der Waals surface area contributed by atoms with Gasteiger partial charge in [0.15, 0.2) is 0 Å². The molecule has 2 heterocycles. The third kappa shape index (κ3) is 2.25. The van der Waals surface area contributed by atoms with Gasteiger partial charge in [-0.2, -0.15) is 0 Å². The van der Waals surface area contributed by atoms with Crippen molar-refractivity contribution in [1.29, 1.82) is 0 Å². The van der Waals surface area contributed by atoms with Crippen LogP contribution in [0.15, 0.2) is 18.2 Å². The Bertz CT molecular complexity index is 556. The number of benzene rings is 1. The van der Waals surface area contributed by atoms with Crippen LogP contribution in [0.2, 0.25) is 0 Å². The lowest BCUT2D eigenvalue weighted by Gasteiger charge is -2.32. The number of fused-ring (bicyclic) bond motifs is 1. The predicted molar refractivity (Wildman–Crippen MR) is 76.2 cm³/mol. The molecule has 0 atom stereocenters. The standard InChI is InChI=1S/C15H19BF2O3/c1-13(2)14(3,4)21-16(20-13)10-6-5-7-11-12(10)15(17,18)8-9-19-11/h5-7H,8-9H2,1-4H3. The largest absolute Gasteiger partial charge is 0.495 e. The predicted octanol–water partition coefficient (Wildman–Crippen LogP) is 2.86. The Morgan fingerprint density at radius 2 is 1.67 bits per heavy atom. The molecule has 0 N–H and O–H groups in total. The zero-order valence-corrected chi connectivity index (χ0v) is 12.7. The van der Waals surface area contributed by atoms with E-state index in [1.54, 1.807) is 18.2 Å². The molecule has 2 aliphatic heterocycles. The van der Waals surface area contributed by atoms with Crippen LogP contribution in [0.3, 0.4) is 0 Å². The van der Waals surface area contributed by atoms with Gasteiger partial charge >= 0.3 is 7.12 Å². The second kappa shape index (κ2) is 4.43. The van der Waals surface area contributed by atoms with Crippen molar-refractivity contribution in [1.82, 2.24) is 0 Å². The van der Waals surface area contributed by atoms with Crippen molar-refractivity contribution >= 4 is 12.6 Å². The fourth-order valence-electron chi connectivity index (χ4n) is 2.64. The highest BCUT2D eigenvalue weighted by atomic mass is 19.3. The Morgan fingerprint density at radius 1 is 1.05 bits per heavy atom. The fraction of sp³-hybridized carbons (Fsp3) is 0.600. The van der Waals surface area contributed by atoms with Gasteiger partial charge in [0, 0.05) is 0 Å². The fourth-order valence-corrected chi connectivity index (χ4v) is 2.64. The van der Waals surface area contributed by atoms with Crippen molar-refractivity contribution in [2.75, 3.05) is 6.61 Å². The minimum atomic E-state index is -2.92. The van der Waals surface area contributed by atoms with E-state index in [1.807, 2.05) is 27.7 Å². The monoisotopic (exact) mass is 296 g/mol. The van der Waals surface area contributed by atoms with Crippen LogP contribution in [0.4, 0.5) is 8.78 Å². The summed E-state index contributed by atoms with van der Waals surface area (Å²) in [7, 11) is -0.808. The van der Waals surface area contributed by atoms with E-state index in [9.17, 15) is 8.78 Å². The number of hydrogen-bond acceptors (Lipinski definition) is 3. The van der Waals surface area contributed by atoms with Crippen LogP contribution < -0.4 is 10.2 Å². The number of hydrogen-bond donors (Lipinski definition) is 0. The van der Waals surface area contributed by atoms with Crippen LogP contribution in [0.5, 0.6) is 5.75 Å². The highest BCUT2D eigenvalue weighted by Crippen LogP contribution is 2.42. The van der Waals surface area contributed by atoms with Crippen LogP contribution in [0.1, 0.15) is 39.7 Å². The zero-order valence-electron chi connectivity index (χ0n) is 12.7. The van der Waals surface area contributed by atoms with E-state index in [0.717, 1.165) is 0 Å². The first kappa shape index (κ1) is 14.8. The van der Waals surface area contributed by atoms with Gasteiger partial charge in [-0.1, -0.05) is 12.1 Å². The van der Waals surface area contributed by atoms with E-state index in [1.165, 1.54) is 0 Å². The average molecular weight is 296 g/mol. The Kier molecular flexibility index (Phi) is 3.12. The molecule has 0 unspecified atom stereocenters. The normalized spacial score (nSPS) is 25.3. The van der Waals surface area contributed by atoms with Crippen molar-refractivity contribution in [2.24, 2.45) is 0 Å². The molecule has 3 nitrogen and oxygen atoms in total. The summed E-state index contributed by atoms with van der Waals surface area (Å²) < 4.78 is 45.8. The lowest BCUT2D eigenvalue weighted by Crippen LogP contribution is -2.41. The van der Waals surface area contributed by atoms with E-state index < -0.39 is 24.2 Å². The Morgan fingerprint density at radius 3 is 2.29 bits per heavy atom. The summed E-state index contributed by atoms with van der Waals surface area (Å²) in [5, 5.41) is 0. The number of rotatable bonds is 1. The zero-order chi connectivity index (χ0) is 15.5. The first-order valence-electron chi connectivity index (χ1n) is 7.14. The molecule has 0 aliphatic carbocycles. The van der Waals surface area contributed by atoms with Gasteiger partial charge in [-0.3, -0.25) is 0 Å². The van der Waals surface area contributed by atoms with E-state index in [4.69, 9.17) is 14.0 Å². The van der Waals surface area contributed by atoms with Gasteiger partial charge in [0.2, 0.25) is 0 Å². The summed E-state index contributed by atoms with van der Waals surface area (Å²) in [6.07, 6.45) is -0.323. The molecule has 0 bridgehead atoms. The average Bonchev–Trinajstić information content (AvgIpc) is 2.57. The van der Waals surface area contributed by atoms with Crippen molar-refractivity contribution in [3.05, 3.63) is 23.8 Å². The van der Waals surface area contributed by atoms with Crippen LogP contribution >= 0.6 is 0 Å². The lowest BCUT2D eigenvalue weighted by molar-refractivity contribution is -0.0396. The molecule has 2 aliphatic rings. The quantitative estimate of drug-likeness (QED) is 0.746.